The molecule has 0 aromatic rings. The SMILES string of the molecule is CC(C)CC(C)(CN)N1C(=O)C(C)(C)S1(=O)=O. The molecule has 17 heavy (non-hydrogen) atoms. The molecule has 1 atom stereocenters. The van der Waals surface area contributed by atoms with Gasteiger partial charge in [0.2, 0.25) is 0 Å². The molecule has 0 saturated carbocycles. The lowest BCUT2D eigenvalue weighted by atomic mass is 9.90. The molecule has 5 nitrogen and oxygen atoms in total. The Bertz CT molecular complexity index is 428. The van der Waals surface area contributed by atoms with Crippen LogP contribution in [0.4, 0.5) is 0 Å². The summed E-state index contributed by atoms with van der Waals surface area (Å²) in [7, 11) is -3.56. The van der Waals surface area contributed by atoms with Crippen LogP contribution in [0.15, 0.2) is 0 Å². The summed E-state index contributed by atoms with van der Waals surface area (Å²) in [5.74, 6) is -0.0821. The molecular formula is C11H22N2O3S. The van der Waals surface area contributed by atoms with Crippen molar-refractivity contribution in [2.24, 2.45) is 11.7 Å². The molecule has 1 heterocycles. The van der Waals surface area contributed by atoms with Gasteiger partial charge in [-0.15, -0.1) is 0 Å². The Morgan fingerprint density at radius 1 is 1.41 bits per heavy atom. The summed E-state index contributed by atoms with van der Waals surface area (Å²) in [5, 5.41) is 0. The molecule has 1 rings (SSSR count). The molecular weight excluding hydrogens is 240 g/mol. The van der Waals surface area contributed by atoms with Gasteiger partial charge in [-0.3, -0.25) is 4.79 Å². The summed E-state index contributed by atoms with van der Waals surface area (Å²) in [6, 6.07) is 0. The van der Waals surface area contributed by atoms with Crippen molar-refractivity contribution in [1.82, 2.24) is 4.31 Å². The van der Waals surface area contributed by atoms with Crippen molar-refractivity contribution >= 4 is 15.9 Å². The lowest BCUT2D eigenvalue weighted by molar-refractivity contribution is -0.137. The predicted molar refractivity (Wildman–Crippen MR) is 66.8 cm³/mol. The average molecular weight is 262 g/mol. The Labute approximate surface area is 103 Å². The van der Waals surface area contributed by atoms with Gasteiger partial charge >= 0.3 is 0 Å². The molecule has 1 aliphatic rings. The minimum Gasteiger partial charge on any atom is -0.328 e. The number of sulfonamides is 1. The Balaban J connectivity index is 3.13. The van der Waals surface area contributed by atoms with Crippen LogP contribution in [0.2, 0.25) is 0 Å². The molecule has 0 radical (unpaired) electrons. The smallest absolute Gasteiger partial charge is 0.259 e. The lowest BCUT2D eigenvalue weighted by Crippen LogP contribution is -2.74. The van der Waals surface area contributed by atoms with Gasteiger partial charge in [0.25, 0.3) is 15.9 Å². The molecule has 6 heteroatoms. The number of carbonyl (C=O) groups excluding carboxylic acids is 1. The van der Waals surface area contributed by atoms with Crippen molar-refractivity contribution in [3.63, 3.8) is 0 Å². The molecule has 0 spiro atoms. The molecule has 1 fully saturated rings. The van der Waals surface area contributed by atoms with Crippen molar-refractivity contribution in [3.8, 4) is 0 Å². The van der Waals surface area contributed by atoms with E-state index < -0.39 is 20.3 Å². The first-order valence-electron chi connectivity index (χ1n) is 5.80. The molecule has 0 aromatic heterocycles. The summed E-state index contributed by atoms with van der Waals surface area (Å²) in [4.78, 5) is 12.0. The Morgan fingerprint density at radius 2 is 1.88 bits per heavy atom. The van der Waals surface area contributed by atoms with Crippen LogP contribution in [-0.2, 0) is 14.8 Å². The number of hydrogen-bond acceptors (Lipinski definition) is 4. The number of nitrogens with zero attached hydrogens (tertiary/aromatic N) is 1. The first-order chi connectivity index (χ1) is 7.50. The number of nitrogens with two attached hydrogens (primary N) is 1. The highest BCUT2D eigenvalue weighted by Crippen LogP contribution is 2.42. The number of hydrogen-bond donors (Lipinski definition) is 1. The van der Waals surface area contributed by atoms with E-state index in [1.165, 1.54) is 13.8 Å². The van der Waals surface area contributed by atoms with E-state index in [2.05, 4.69) is 0 Å². The minimum atomic E-state index is -3.56. The highest BCUT2D eigenvalue weighted by atomic mass is 32.2. The van der Waals surface area contributed by atoms with Gasteiger partial charge in [0.05, 0.1) is 5.54 Å². The monoisotopic (exact) mass is 262 g/mol. The first-order valence-corrected chi connectivity index (χ1v) is 7.24. The maximum absolute atomic E-state index is 12.1. The molecule has 1 amide bonds. The van der Waals surface area contributed by atoms with E-state index in [0.717, 1.165) is 4.31 Å². The van der Waals surface area contributed by atoms with E-state index in [-0.39, 0.29) is 18.4 Å². The number of amides is 1. The molecule has 0 aromatic carbocycles. The fourth-order valence-corrected chi connectivity index (χ4v) is 4.13. The van der Waals surface area contributed by atoms with E-state index in [4.69, 9.17) is 5.73 Å². The van der Waals surface area contributed by atoms with Gasteiger partial charge in [-0.1, -0.05) is 13.8 Å². The van der Waals surface area contributed by atoms with Crippen molar-refractivity contribution in [2.45, 2.75) is 51.3 Å². The van der Waals surface area contributed by atoms with Crippen molar-refractivity contribution in [2.75, 3.05) is 6.54 Å². The average Bonchev–Trinajstić information content (AvgIpc) is 2.15. The fraction of sp³-hybridized carbons (Fsp3) is 0.909. The highest BCUT2D eigenvalue weighted by Gasteiger charge is 2.64. The second kappa shape index (κ2) is 3.95. The van der Waals surface area contributed by atoms with Gasteiger partial charge in [-0.25, -0.2) is 12.7 Å². The van der Waals surface area contributed by atoms with Gasteiger partial charge in [0.15, 0.2) is 4.75 Å². The molecule has 1 unspecified atom stereocenters. The second-order valence-corrected chi connectivity index (χ2v) is 8.22. The van der Waals surface area contributed by atoms with Crippen molar-refractivity contribution in [3.05, 3.63) is 0 Å². The van der Waals surface area contributed by atoms with E-state index in [9.17, 15) is 13.2 Å². The van der Waals surface area contributed by atoms with Crippen molar-refractivity contribution < 1.29 is 13.2 Å². The predicted octanol–water partition coefficient (Wildman–Crippen LogP) is 0.701. The van der Waals surface area contributed by atoms with Crippen LogP contribution in [-0.4, -0.2) is 35.5 Å². The lowest BCUT2D eigenvalue weighted by Gasteiger charge is -2.52. The fourth-order valence-electron chi connectivity index (χ4n) is 2.32. The van der Waals surface area contributed by atoms with Gasteiger partial charge in [0, 0.05) is 6.54 Å². The molecule has 2 N–H and O–H groups in total. The summed E-state index contributed by atoms with van der Waals surface area (Å²) < 4.78 is 23.9. The largest absolute Gasteiger partial charge is 0.328 e. The Morgan fingerprint density at radius 3 is 2.18 bits per heavy atom. The maximum atomic E-state index is 12.1. The topological polar surface area (TPSA) is 80.5 Å². The third-order valence-corrected chi connectivity index (χ3v) is 5.91. The van der Waals surface area contributed by atoms with Crippen LogP contribution >= 0.6 is 0 Å². The number of rotatable bonds is 4. The summed E-state index contributed by atoms with van der Waals surface area (Å²) >= 11 is 0. The summed E-state index contributed by atoms with van der Waals surface area (Å²) in [6.07, 6.45) is 0.574. The summed E-state index contributed by atoms with van der Waals surface area (Å²) in [5.41, 5.74) is 4.87. The molecule has 0 bridgehead atoms. The van der Waals surface area contributed by atoms with Crippen LogP contribution in [0.25, 0.3) is 0 Å². The van der Waals surface area contributed by atoms with E-state index >= 15 is 0 Å². The molecule has 0 aliphatic carbocycles. The van der Waals surface area contributed by atoms with E-state index in [0.29, 0.717) is 6.42 Å². The van der Waals surface area contributed by atoms with Crippen LogP contribution < -0.4 is 5.73 Å². The first kappa shape index (κ1) is 14.4. The zero-order chi connectivity index (χ0) is 13.6. The zero-order valence-corrected chi connectivity index (χ0v) is 12.0. The maximum Gasteiger partial charge on any atom is 0.259 e. The van der Waals surface area contributed by atoms with E-state index in [1.54, 1.807) is 6.92 Å². The zero-order valence-electron chi connectivity index (χ0n) is 11.1. The Hall–Kier alpha value is -0.620. The molecule has 100 valence electrons. The summed E-state index contributed by atoms with van der Waals surface area (Å²) in [6.45, 7) is 8.72. The van der Waals surface area contributed by atoms with Crippen LogP contribution in [0.5, 0.6) is 0 Å². The van der Waals surface area contributed by atoms with Gasteiger partial charge < -0.3 is 5.73 Å². The number of carbonyl (C=O) groups is 1. The van der Waals surface area contributed by atoms with Crippen LogP contribution in [0.3, 0.4) is 0 Å². The normalized spacial score (nSPS) is 25.6. The third kappa shape index (κ3) is 1.87. The standard InChI is InChI=1S/C11H22N2O3S/c1-8(2)6-11(5,7-12)13-9(14)10(3,4)17(13,15)16/h8H,6-7,12H2,1-5H3. The molecule has 1 saturated heterocycles. The minimum absolute atomic E-state index is 0.145. The van der Waals surface area contributed by atoms with Crippen LogP contribution in [0.1, 0.15) is 41.0 Å². The van der Waals surface area contributed by atoms with Gasteiger partial charge in [-0.2, -0.15) is 0 Å². The van der Waals surface area contributed by atoms with E-state index in [1.807, 2.05) is 13.8 Å². The quantitative estimate of drug-likeness (QED) is 0.808. The van der Waals surface area contributed by atoms with Gasteiger partial charge in [0.1, 0.15) is 0 Å². The van der Waals surface area contributed by atoms with Crippen LogP contribution in [0, 0.1) is 5.92 Å². The molecule has 1 aliphatic heterocycles. The highest BCUT2D eigenvalue weighted by molar-refractivity contribution is 7.94. The van der Waals surface area contributed by atoms with Gasteiger partial charge in [-0.05, 0) is 33.1 Å². The third-order valence-electron chi connectivity index (χ3n) is 3.36. The Kier molecular flexibility index (Phi) is 3.35. The second-order valence-electron chi connectivity index (χ2n) is 5.88. The van der Waals surface area contributed by atoms with Crippen molar-refractivity contribution in [1.29, 1.82) is 0 Å².